The van der Waals surface area contributed by atoms with E-state index in [1.165, 1.54) is 36.8 Å². The highest BCUT2D eigenvalue weighted by atomic mass is 32.2. The van der Waals surface area contributed by atoms with Crippen molar-refractivity contribution in [1.82, 2.24) is 10.2 Å². The Labute approximate surface area is 203 Å². The van der Waals surface area contributed by atoms with Gasteiger partial charge in [-0.1, -0.05) is 24.6 Å². The largest absolute Gasteiger partial charge is 0.468 e. The lowest BCUT2D eigenvalue weighted by atomic mass is 10.1. The highest BCUT2D eigenvalue weighted by Crippen LogP contribution is 2.26. The van der Waals surface area contributed by atoms with Crippen LogP contribution in [0, 0.1) is 10.1 Å². The topological polar surface area (TPSA) is 135 Å². The molecule has 1 aliphatic heterocycles. The highest BCUT2D eigenvalue weighted by Gasteiger charge is 2.26. The van der Waals surface area contributed by atoms with Crippen LogP contribution in [0.3, 0.4) is 0 Å². The molecule has 2 N–H and O–H groups in total. The predicted octanol–water partition coefficient (Wildman–Crippen LogP) is 3.95. The zero-order valence-electron chi connectivity index (χ0n) is 18.9. The van der Waals surface area contributed by atoms with Gasteiger partial charge in [0.25, 0.3) is 21.6 Å². The van der Waals surface area contributed by atoms with Crippen LogP contribution >= 0.6 is 0 Å². The summed E-state index contributed by atoms with van der Waals surface area (Å²) in [6.45, 7) is 2.10. The molecule has 1 fully saturated rings. The van der Waals surface area contributed by atoms with Crippen molar-refractivity contribution in [2.75, 3.05) is 24.4 Å². The standard InChI is InChI=1S/C24H26N4O6S/c29-24(25-17-22(23-12-7-15-34-23)27-13-4-1-5-14-27)20-10-2-3-11-21(20)26-35(32,33)19-9-6-8-18(16-19)28(30)31/h2-3,6-12,15-16,22,26H,1,4-5,13-14,17H2,(H,25,29). The van der Waals surface area contributed by atoms with Crippen LogP contribution in [0.15, 0.2) is 76.2 Å². The summed E-state index contributed by atoms with van der Waals surface area (Å²) in [7, 11) is -4.17. The first-order valence-electron chi connectivity index (χ1n) is 11.3. The van der Waals surface area contributed by atoms with Gasteiger partial charge in [-0.25, -0.2) is 8.42 Å². The highest BCUT2D eigenvalue weighted by molar-refractivity contribution is 7.92. The number of nitrogens with zero attached hydrogens (tertiary/aromatic N) is 2. The van der Waals surface area contributed by atoms with Crippen LogP contribution in [0.4, 0.5) is 11.4 Å². The lowest BCUT2D eigenvalue weighted by Crippen LogP contribution is -2.40. The minimum absolute atomic E-state index is 0.0732. The first kappa shape index (κ1) is 24.4. The molecular formula is C24H26N4O6S. The number of para-hydroxylation sites is 1. The molecule has 1 aliphatic rings. The van der Waals surface area contributed by atoms with Gasteiger partial charge < -0.3 is 9.73 Å². The number of amides is 1. The molecule has 1 saturated heterocycles. The molecule has 3 aromatic rings. The van der Waals surface area contributed by atoms with Gasteiger partial charge in [-0.05, 0) is 56.3 Å². The summed E-state index contributed by atoms with van der Waals surface area (Å²) in [4.78, 5) is 25.5. The van der Waals surface area contributed by atoms with Crippen LogP contribution in [0.25, 0.3) is 0 Å². The monoisotopic (exact) mass is 498 g/mol. The number of hydrogen-bond acceptors (Lipinski definition) is 7. The number of nitro groups is 1. The third-order valence-corrected chi connectivity index (χ3v) is 7.28. The molecule has 10 nitrogen and oxygen atoms in total. The second kappa shape index (κ2) is 10.7. The Morgan fingerprint density at radius 2 is 1.83 bits per heavy atom. The van der Waals surface area contributed by atoms with E-state index in [2.05, 4.69) is 14.9 Å². The number of nitrogens with one attached hydrogen (secondary N) is 2. The lowest BCUT2D eigenvalue weighted by molar-refractivity contribution is -0.385. The molecule has 2 heterocycles. The van der Waals surface area contributed by atoms with E-state index in [4.69, 9.17) is 4.42 Å². The number of carbonyl (C=O) groups excluding carboxylic acids is 1. The number of carbonyl (C=O) groups is 1. The summed E-state index contributed by atoms with van der Waals surface area (Å²) >= 11 is 0. The van der Waals surface area contributed by atoms with Crippen molar-refractivity contribution < 1.29 is 22.6 Å². The molecule has 1 unspecified atom stereocenters. The smallest absolute Gasteiger partial charge is 0.270 e. The van der Waals surface area contributed by atoms with Crippen LogP contribution in [0.1, 0.15) is 41.4 Å². The fourth-order valence-corrected chi connectivity index (χ4v) is 5.26. The molecule has 0 saturated carbocycles. The summed E-state index contributed by atoms with van der Waals surface area (Å²) in [6, 6.07) is 14.5. The Kier molecular flexibility index (Phi) is 7.47. The van der Waals surface area contributed by atoms with Crippen molar-refractivity contribution in [3.63, 3.8) is 0 Å². The van der Waals surface area contributed by atoms with Gasteiger partial charge in [0, 0.05) is 18.7 Å². The van der Waals surface area contributed by atoms with Crippen LogP contribution in [0.2, 0.25) is 0 Å². The zero-order chi connectivity index (χ0) is 24.8. The molecule has 1 amide bonds. The van der Waals surface area contributed by atoms with Crippen molar-refractivity contribution in [1.29, 1.82) is 0 Å². The van der Waals surface area contributed by atoms with E-state index in [0.717, 1.165) is 37.8 Å². The van der Waals surface area contributed by atoms with Crippen molar-refractivity contribution in [2.45, 2.75) is 30.2 Å². The number of benzene rings is 2. The van der Waals surface area contributed by atoms with Crippen molar-refractivity contribution in [3.8, 4) is 0 Å². The van der Waals surface area contributed by atoms with E-state index in [-0.39, 0.29) is 34.4 Å². The fourth-order valence-electron chi connectivity index (χ4n) is 4.14. The van der Waals surface area contributed by atoms with E-state index in [0.29, 0.717) is 0 Å². The second-order valence-corrected chi connectivity index (χ2v) is 9.93. The summed E-state index contributed by atoms with van der Waals surface area (Å²) in [5.74, 6) is 0.308. The van der Waals surface area contributed by atoms with E-state index >= 15 is 0 Å². The summed E-state index contributed by atoms with van der Waals surface area (Å²) < 4.78 is 33.8. The minimum Gasteiger partial charge on any atom is -0.468 e. The number of anilines is 1. The Morgan fingerprint density at radius 3 is 2.54 bits per heavy atom. The maximum Gasteiger partial charge on any atom is 0.270 e. The SMILES string of the molecule is O=C(NCC(c1ccco1)N1CCCCC1)c1ccccc1NS(=O)(=O)c1cccc([N+](=O)[O-])c1. The molecule has 35 heavy (non-hydrogen) atoms. The molecule has 11 heteroatoms. The van der Waals surface area contributed by atoms with Crippen LogP contribution < -0.4 is 10.0 Å². The van der Waals surface area contributed by atoms with Crippen molar-refractivity contribution >= 4 is 27.3 Å². The molecule has 1 aromatic heterocycles. The lowest BCUT2D eigenvalue weighted by Gasteiger charge is -2.33. The Hall–Kier alpha value is -3.70. The van der Waals surface area contributed by atoms with E-state index in [1.54, 1.807) is 18.4 Å². The molecule has 184 valence electrons. The maximum atomic E-state index is 13.1. The zero-order valence-corrected chi connectivity index (χ0v) is 19.7. The van der Waals surface area contributed by atoms with E-state index < -0.39 is 20.9 Å². The summed E-state index contributed by atoms with van der Waals surface area (Å²) in [5, 5.41) is 13.9. The third-order valence-electron chi connectivity index (χ3n) is 5.91. The maximum absolute atomic E-state index is 13.1. The first-order valence-corrected chi connectivity index (χ1v) is 12.8. The van der Waals surface area contributed by atoms with E-state index in [9.17, 15) is 23.3 Å². The quantitative estimate of drug-likeness (QED) is 0.337. The first-order chi connectivity index (χ1) is 16.8. The third kappa shape index (κ3) is 5.87. The Bertz CT molecular complexity index is 1290. The number of likely N-dealkylation sites (tertiary alicyclic amines) is 1. The number of rotatable bonds is 9. The van der Waals surface area contributed by atoms with Gasteiger partial charge in [0.2, 0.25) is 0 Å². The molecule has 0 aliphatic carbocycles. The van der Waals surface area contributed by atoms with Gasteiger partial charge in [-0.2, -0.15) is 0 Å². The Morgan fingerprint density at radius 1 is 1.06 bits per heavy atom. The summed E-state index contributed by atoms with van der Waals surface area (Å²) in [6.07, 6.45) is 4.93. The van der Waals surface area contributed by atoms with Crippen molar-refractivity contribution in [2.24, 2.45) is 0 Å². The molecule has 0 radical (unpaired) electrons. The number of non-ortho nitro benzene ring substituents is 1. The molecule has 4 rings (SSSR count). The van der Waals surface area contributed by atoms with Crippen LogP contribution in [-0.4, -0.2) is 43.8 Å². The summed E-state index contributed by atoms with van der Waals surface area (Å²) in [5.41, 5.74) is -0.136. The van der Waals surface area contributed by atoms with Gasteiger partial charge in [0.15, 0.2) is 0 Å². The van der Waals surface area contributed by atoms with Gasteiger partial charge in [0.05, 0.1) is 33.4 Å². The molecular weight excluding hydrogens is 472 g/mol. The van der Waals surface area contributed by atoms with Crippen molar-refractivity contribution in [3.05, 3.63) is 88.4 Å². The number of nitro benzene ring substituents is 1. The molecule has 0 bridgehead atoms. The molecule has 0 spiro atoms. The van der Waals surface area contributed by atoms with Gasteiger partial charge in [0.1, 0.15) is 5.76 Å². The normalized spacial score (nSPS) is 15.3. The van der Waals surface area contributed by atoms with Gasteiger partial charge in [-0.3, -0.25) is 24.5 Å². The second-order valence-electron chi connectivity index (χ2n) is 8.24. The number of hydrogen-bond donors (Lipinski definition) is 2. The van der Waals surface area contributed by atoms with E-state index in [1.807, 2.05) is 12.1 Å². The number of piperidine rings is 1. The molecule has 2 aromatic carbocycles. The number of sulfonamides is 1. The average Bonchev–Trinajstić information content (AvgIpc) is 3.39. The average molecular weight is 499 g/mol. The minimum atomic E-state index is -4.17. The van der Waals surface area contributed by atoms with Crippen LogP contribution in [0.5, 0.6) is 0 Å². The Balaban J connectivity index is 1.51. The molecule has 1 atom stereocenters. The number of furan rings is 1. The fraction of sp³-hybridized carbons (Fsp3) is 0.292. The predicted molar refractivity (Wildman–Crippen MR) is 130 cm³/mol. The van der Waals surface area contributed by atoms with Crippen LogP contribution in [-0.2, 0) is 10.0 Å². The van der Waals surface area contributed by atoms with Gasteiger partial charge in [-0.15, -0.1) is 0 Å². The van der Waals surface area contributed by atoms with Gasteiger partial charge >= 0.3 is 0 Å².